The van der Waals surface area contributed by atoms with Crippen LogP contribution in [0.1, 0.15) is 32.1 Å². The molecule has 6 heteroatoms. The number of carbonyl (C=O) groups is 2. The predicted molar refractivity (Wildman–Crippen MR) is 84.6 cm³/mol. The van der Waals surface area contributed by atoms with Gasteiger partial charge in [-0.3, -0.25) is 9.59 Å². The van der Waals surface area contributed by atoms with Crippen molar-refractivity contribution in [3.63, 3.8) is 0 Å². The van der Waals surface area contributed by atoms with Crippen LogP contribution in [-0.2, 0) is 14.3 Å². The van der Waals surface area contributed by atoms with E-state index in [1.54, 1.807) is 0 Å². The van der Waals surface area contributed by atoms with Crippen LogP contribution in [-0.4, -0.2) is 18.5 Å². The first-order valence-electron chi connectivity index (χ1n) is 7.92. The number of halogens is 2. The molecule has 2 bridgehead atoms. The Hall–Kier alpha value is -1.62. The summed E-state index contributed by atoms with van der Waals surface area (Å²) in [5, 5.41) is 2.60. The molecule has 2 saturated carbocycles. The summed E-state index contributed by atoms with van der Waals surface area (Å²) in [5.41, 5.74) is 0.294. The number of rotatable bonds is 5. The van der Waals surface area contributed by atoms with E-state index in [2.05, 4.69) is 5.32 Å². The van der Waals surface area contributed by atoms with Crippen molar-refractivity contribution in [2.75, 3.05) is 11.9 Å². The summed E-state index contributed by atoms with van der Waals surface area (Å²) in [5.74, 6) is 0.546. The molecule has 4 nitrogen and oxygen atoms in total. The molecule has 0 aromatic heterocycles. The highest BCUT2D eigenvalue weighted by molar-refractivity contribution is 6.33. The molecule has 1 amide bonds. The number of ether oxygens (including phenoxy) is 1. The Morgan fingerprint density at radius 2 is 2.13 bits per heavy atom. The summed E-state index contributed by atoms with van der Waals surface area (Å²) < 4.78 is 18.0. The van der Waals surface area contributed by atoms with Gasteiger partial charge in [0.05, 0.1) is 10.7 Å². The minimum Gasteiger partial charge on any atom is -0.456 e. The molecule has 2 fully saturated rings. The van der Waals surface area contributed by atoms with Gasteiger partial charge in [-0.25, -0.2) is 4.39 Å². The molecule has 0 heterocycles. The van der Waals surface area contributed by atoms with E-state index in [4.69, 9.17) is 16.3 Å². The van der Waals surface area contributed by atoms with Crippen molar-refractivity contribution >= 4 is 29.2 Å². The fourth-order valence-electron chi connectivity index (χ4n) is 3.82. The molecule has 2 aliphatic rings. The summed E-state index contributed by atoms with van der Waals surface area (Å²) >= 11 is 5.82. The molecule has 0 unspecified atom stereocenters. The Morgan fingerprint density at radius 1 is 1.30 bits per heavy atom. The van der Waals surface area contributed by atoms with Gasteiger partial charge in [0.2, 0.25) is 0 Å². The summed E-state index contributed by atoms with van der Waals surface area (Å²) in [7, 11) is 0. The van der Waals surface area contributed by atoms with Crippen LogP contribution in [0.5, 0.6) is 0 Å². The maximum Gasteiger partial charge on any atom is 0.306 e. The van der Waals surface area contributed by atoms with E-state index in [-0.39, 0.29) is 17.6 Å². The van der Waals surface area contributed by atoms with Crippen LogP contribution in [0.2, 0.25) is 5.02 Å². The number of nitrogens with one attached hydrogen (secondary N) is 1. The van der Waals surface area contributed by atoms with Crippen molar-refractivity contribution in [2.45, 2.75) is 32.1 Å². The number of anilines is 1. The zero-order chi connectivity index (χ0) is 16.4. The van der Waals surface area contributed by atoms with Crippen LogP contribution in [0.3, 0.4) is 0 Å². The molecule has 0 spiro atoms. The SMILES string of the molecule is O=C(COC(=O)C[C@@H]1C[C@H]2CC[C@@H]1C2)Nc1ccc(F)cc1Cl. The Labute approximate surface area is 139 Å². The van der Waals surface area contributed by atoms with Crippen molar-refractivity contribution in [2.24, 2.45) is 17.8 Å². The second-order valence-corrected chi connectivity index (χ2v) is 6.88. The second-order valence-electron chi connectivity index (χ2n) is 6.47. The van der Waals surface area contributed by atoms with Gasteiger partial charge in [0, 0.05) is 6.42 Å². The average Bonchev–Trinajstić information content (AvgIpc) is 3.11. The highest BCUT2D eigenvalue weighted by atomic mass is 35.5. The predicted octanol–water partition coefficient (Wildman–Crippen LogP) is 3.79. The van der Waals surface area contributed by atoms with Gasteiger partial charge in [-0.15, -0.1) is 0 Å². The molecular formula is C17H19ClFNO3. The number of fused-ring (bicyclic) bond motifs is 2. The van der Waals surface area contributed by atoms with Gasteiger partial charge in [-0.1, -0.05) is 18.0 Å². The fraction of sp³-hybridized carbons (Fsp3) is 0.529. The van der Waals surface area contributed by atoms with Crippen molar-refractivity contribution < 1.29 is 18.7 Å². The summed E-state index contributed by atoms with van der Waals surface area (Å²) in [6, 6.07) is 3.67. The molecule has 0 saturated heterocycles. The number of hydrogen-bond donors (Lipinski definition) is 1. The van der Waals surface area contributed by atoms with E-state index in [9.17, 15) is 14.0 Å². The van der Waals surface area contributed by atoms with Gasteiger partial charge in [0.25, 0.3) is 5.91 Å². The molecule has 1 N–H and O–H groups in total. The number of carbonyl (C=O) groups excluding carboxylic acids is 2. The Bertz CT molecular complexity index is 622. The highest BCUT2D eigenvalue weighted by Gasteiger charge is 2.40. The Balaban J connectivity index is 1.42. The van der Waals surface area contributed by atoms with Crippen LogP contribution >= 0.6 is 11.6 Å². The van der Waals surface area contributed by atoms with E-state index < -0.39 is 11.7 Å². The highest BCUT2D eigenvalue weighted by Crippen LogP contribution is 2.49. The minimum absolute atomic E-state index is 0.103. The Morgan fingerprint density at radius 3 is 2.78 bits per heavy atom. The first-order chi connectivity index (χ1) is 11.0. The maximum atomic E-state index is 12.9. The molecule has 3 rings (SSSR count). The van der Waals surface area contributed by atoms with Crippen molar-refractivity contribution in [3.8, 4) is 0 Å². The third kappa shape index (κ3) is 4.02. The second kappa shape index (κ2) is 6.87. The van der Waals surface area contributed by atoms with Gasteiger partial charge in [-0.2, -0.15) is 0 Å². The smallest absolute Gasteiger partial charge is 0.306 e. The standard InChI is InChI=1S/C17H19ClFNO3/c18-14-8-13(19)3-4-15(14)20-16(21)9-23-17(22)7-12-6-10-1-2-11(12)5-10/h3-4,8,10-12H,1-2,5-7,9H2,(H,20,21)/t10-,11+,12-/m0/s1. The fourth-order valence-corrected chi connectivity index (χ4v) is 4.04. The van der Waals surface area contributed by atoms with Gasteiger partial charge >= 0.3 is 5.97 Å². The summed E-state index contributed by atoms with van der Waals surface area (Å²) in [6.07, 6.45) is 5.24. The third-order valence-corrected chi connectivity index (χ3v) is 5.20. The lowest BCUT2D eigenvalue weighted by molar-refractivity contribution is -0.148. The van der Waals surface area contributed by atoms with Gasteiger partial charge < -0.3 is 10.1 Å². The van der Waals surface area contributed by atoms with Crippen molar-refractivity contribution in [1.82, 2.24) is 0 Å². The zero-order valence-corrected chi connectivity index (χ0v) is 13.4. The lowest BCUT2D eigenvalue weighted by Gasteiger charge is -2.20. The number of hydrogen-bond acceptors (Lipinski definition) is 3. The van der Waals surface area contributed by atoms with Gasteiger partial charge in [0.1, 0.15) is 5.82 Å². The monoisotopic (exact) mass is 339 g/mol. The van der Waals surface area contributed by atoms with E-state index >= 15 is 0 Å². The topological polar surface area (TPSA) is 55.4 Å². The van der Waals surface area contributed by atoms with Crippen LogP contribution in [0.25, 0.3) is 0 Å². The first-order valence-corrected chi connectivity index (χ1v) is 8.29. The van der Waals surface area contributed by atoms with Crippen LogP contribution in [0, 0.1) is 23.6 Å². The molecule has 3 atom stereocenters. The third-order valence-electron chi connectivity index (χ3n) is 4.88. The number of esters is 1. The lowest BCUT2D eigenvalue weighted by Crippen LogP contribution is -2.23. The summed E-state index contributed by atoms with van der Waals surface area (Å²) in [4.78, 5) is 23.6. The summed E-state index contributed by atoms with van der Waals surface area (Å²) in [6.45, 7) is -0.354. The number of amides is 1. The van der Waals surface area contributed by atoms with Gasteiger partial charge in [-0.05, 0) is 55.2 Å². The molecule has 124 valence electrons. The van der Waals surface area contributed by atoms with Crippen molar-refractivity contribution in [3.05, 3.63) is 29.0 Å². The molecule has 1 aromatic carbocycles. The molecule has 2 aliphatic carbocycles. The average molecular weight is 340 g/mol. The van der Waals surface area contributed by atoms with Crippen LogP contribution < -0.4 is 5.32 Å². The zero-order valence-electron chi connectivity index (χ0n) is 12.7. The van der Waals surface area contributed by atoms with Gasteiger partial charge in [0.15, 0.2) is 6.61 Å². The minimum atomic E-state index is -0.486. The van der Waals surface area contributed by atoms with E-state index in [0.717, 1.165) is 18.4 Å². The maximum absolute atomic E-state index is 12.9. The van der Waals surface area contributed by atoms with Crippen LogP contribution in [0.15, 0.2) is 18.2 Å². The van der Waals surface area contributed by atoms with E-state index in [1.165, 1.54) is 31.4 Å². The first kappa shape index (κ1) is 16.2. The molecular weight excluding hydrogens is 321 g/mol. The molecule has 1 aromatic rings. The molecule has 0 radical (unpaired) electrons. The van der Waals surface area contributed by atoms with Crippen molar-refractivity contribution in [1.29, 1.82) is 0 Å². The van der Waals surface area contributed by atoms with E-state index in [0.29, 0.717) is 23.9 Å². The molecule has 0 aliphatic heterocycles. The van der Waals surface area contributed by atoms with E-state index in [1.807, 2.05) is 0 Å². The largest absolute Gasteiger partial charge is 0.456 e. The quantitative estimate of drug-likeness (QED) is 0.830. The number of benzene rings is 1. The Kier molecular flexibility index (Phi) is 4.85. The normalized spacial score (nSPS) is 25.4. The molecule has 23 heavy (non-hydrogen) atoms. The lowest BCUT2D eigenvalue weighted by atomic mass is 9.86. The van der Waals surface area contributed by atoms with Crippen LogP contribution in [0.4, 0.5) is 10.1 Å².